The number of amides is 3. The van der Waals surface area contributed by atoms with Gasteiger partial charge in [0.2, 0.25) is 17.7 Å². The molecule has 0 bridgehead atoms. The Bertz CT molecular complexity index is 1190. The van der Waals surface area contributed by atoms with Gasteiger partial charge in [0.1, 0.15) is 11.8 Å². The summed E-state index contributed by atoms with van der Waals surface area (Å²) in [7, 11) is 0. The van der Waals surface area contributed by atoms with Gasteiger partial charge in [-0.1, -0.05) is 37.6 Å². The van der Waals surface area contributed by atoms with Crippen LogP contribution in [0.15, 0.2) is 48.6 Å². The Labute approximate surface area is 235 Å². The molecule has 0 saturated carbocycles. The molecule has 0 radical (unpaired) electrons. The van der Waals surface area contributed by atoms with Crippen LogP contribution in [0.3, 0.4) is 0 Å². The number of hydrogen-bond donors (Lipinski definition) is 1. The van der Waals surface area contributed by atoms with E-state index in [0.29, 0.717) is 19.7 Å². The highest BCUT2D eigenvalue weighted by molar-refractivity contribution is 8.02. The summed E-state index contributed by atoms with van der Waals surface area (Å²) in [6, 6.07) is 6.70. The quantitative estimate of drug-likeness (QED) is 0.497. The standard InChI is InChI=1S/C30H39N3O5S/c1-5-9-20(3)31-16-8-15-30-24(27(36)33(18-19-34)25(30)28(31)37)23-26(35)32(17-7-14-29(23,4)39-30)21-10-12-22(13-11-21)38-6-2/h7-8,10-15,20,23-25,34H,5-6,9,16-19H2,1-4H3/t20?,23-,24-,25?,29+,30-/m0/s1. The van der Waals surface area contributed by atoms with Crippen LogP contribution in [0.25, 0.3) is 0 Å². The number of likely N-dealkylation sites (tertiary alicyclic amines) is 1. The van der Waals surface area contributed by atoms with E-state index in [2.05, 4.69) is 13.0 Å². The van der Waals surface area contributed by atoms with Gasteiger partial charge >= 0.3 is 0 Å². The van der Waals surface area contributed by atoms with E-state index >= 15 is 0 Å². The predicted octanol–water partition coefficient (Wildman–Crippen LogP) is 3.25. The fourth-order valence-electron chi connectivity index (χ4n) is 6.98. The number of aliphatic hydroxyl groups excluding tert-OH is 1. The summed E-state index contributed by atoms with van der Waals surface area (Å²) < 4.78 is 4.01. The van der Waals surface area contributed by atoms with Crippen molar-refractivity contribution in [3.05, 3.63) is 48.6 Å². The smallest absolute Gasteiger partial charge is 0.247 e. The number of hydrogen-bond acceptors (Lipinski definition) is 6. The van der Waals surface area contributed by atoms with E-state index in [1.807, 2.05) is 68.2 Å². The predicted molar refractivity (Wildman–Crippen MR) is 153 cm³/mol. The van der Waals surface area contributed by atoms with Gasteiger partial charge in [0, 0.05) is 36.1 Å². The molecule has 5 rings (SSSR count). The number of fused-ring (bicyclic) bond motifs is 2. The molecule has 2 saturated heterocycles. The third kappa shape index (κ3) is 4.38. The number of β-amino-alcohol motifs (C(OH)–C–C–N with tert-alkyl or cyclic N) is 1. The molecule has 4 heterocycles. The van der Waals surface area contributed by atoms with Gasteiger partial charge in [-0.05, 0) is 51.5 Å². The molecular formula is C30H39N3O5S. The third-order valence-electron chi connectivity index (χ3n) is 8.63. The van der Waals surface area contributed by atoms with Crippen molar-refractivity contribution < 1.29 is 24.2 Å². The normalized spacial score (nSPS) is 32.6. The minimum atomic E-state index is -0.898. The largest absolute Gasteiger partial charge is 0.494 e. The summed E-state index contributed by atoms with van der Waals surface area (Å²) in [6.45, 7) is 9.33. The van der Waals surface area contributed by atoms with Gasteiger partial charge < -0.3 is 24.5 Å². The molecular weight excluding hydrogens is 514 g/mol. The lowest BCUT2D eigenvalue weighted by Crippen LogP contribution is -2.55. The highest BCUT2D eigenvalue weighted by Crippen LogP contribution is 2.65. The lowest BCUT2D eigenvalue weighted by molar-refractivity contribution is -0.144. The molecule has 1 spiro atoms. The zero-order valence-electron chi connectivity index (χ0n) is 23.2. The number of carbonyl (C=O) groups excluding carboxylic acids is 3. The Kier molecular flexibility index (Phi) is 7.59. The zero-order chi connectivity index (χ0) is 27.9. The summed E-state index contributed by atoms with van der Waals surface area (Å²) in [5, 5.41) is 9.90. The Hall–Kier alpha value is -2.78. The maximum Gasteiger partial charge on any atom is 0.247 e. The summed E-state index contributed by atoms with van der Waals surface area (Å²) in [6.07, 6.45) is 9.91. The van der Waals surface area contributed by atoms with Gasteiger partial charge in [0.25, 0.3) is 0 Å². The molecule has 0 aromatic heterocycles. The number of anilines is 1. The number of nitrogens with zero attached hydrogens (tertiary/aromatic N) is 3. The molecule has 210 valence electrons. The van der Waals surface area contributed by atoms with E-state index in [0.717, 1.165) is 24.3 Å². The molecule has 6 atom stereocenters. The minimum absolute atomic E-state index is 0.0246. The zero-order valence-corrected chi connectivity index (χ0v) is 24.0. The molecule has 8 nitrogen and oxygen atoms in total. The molecule has 1 aromatic carbocycles. The second-order valence-corrected chi connectivity index (χ2v) is 12.9. The maximum absolute atomic E-state index is 14.4. The average molecular weight is 554 g/mol. The molecule has 0 aliphatic carbocycles. The van der Waals surface area contributed by atoms with Gasteiger partial charge in [-0.2, -0.15) is 0 Å². The van der Waals surface area contributed by atoms with E-state index in [-0.39, 0.29) is 36.9 Å². The Morgan fingerprint density at radius 1 is 1.03 bits per heavy atom. The first-order chi connectivity index (χ1) is 18.7. The van der Waals surface area contributed by atoms with Crippen molar-refractivity contribution in [2.45, 2.75) is 62.1 Å². The van der Waals surface area contributed by atoms with Crippen molar-refractivity contribution in [3.8, 4) is 5.75 Å². The van der Waals surface area contributed by atoms with Gasteiger partial charge in [0.05, 0.1) is 29.8 Å². The highest BCUT2D eigenvalue weighted by atomic mass is 32.2. The summed E-state index contributed by atoms with van der Waals surface area (Å²) in [5.74, 6) is -1.10. The van der Waals surface area contributed by atoms with E-state index in [1.54, 1.807) is 21.6 Å². The average Bonchev–Trinajstić information content (AvgIpc) is 3.16. The molecule has 4 aliphatic heterocycles. The van der Waals surface area contributed by atoms with E-state index in [9.17, 15) is 19.5 Å². The van der Waals surface area contributed by atoms with Gasteiger partial charge in [-0.25, -0.2) is 0 Å². The van der Waals surface area contributed by atoms with E-state index in [1.165, 1.54) is 0 Å². The number of benzene rings is 1. The van der Waals surface area contributed by atoms with Gasteiger partial charge in [-0.3, -0.25) is 14.4 Å². The SMILES string of the molecule is CCCC(C)N1CC=C[C@]23S[C@]4(C)C=CCN(c5ccc(OCC)cc5)C(=O)[C@@H]4[C@H]2C(=O)N(CCO)C3C1=O. The third-order valence-corrected chi connectivity index (χ3v) is 10.4. The van der Waals surface area contributed by atoms with Crippen molar-refractivity contribution >= 4 is 35.2 Å². The number of carbonyl (C=O) groups is 3. The van der Waals surface area contributed by atoms with Crippen LogP contribution in [-0.4, -0.2) is 87.1 Å². The second-order valence-electron chi connectivity index (χ2n) is 11.1. The molecule has 2 unspecified atom stereocenters. The molecule has 39 heavy (non-hydrogen) atoms. The molecule has 1 N–H and O–H groups in total. The first kappa shape index (κ1) is 27.8. The molecule has 3 amide bonds. The Morgan fingerprint density at radius 3 is 2.41 bits per heavy atom. The van der Waals surface area contributed by atoms with Crippen LogP contribution in [0, 0.1) is 11.8 Å². The number of rotatable bonds is 8. The summed E-state index contributed by atoms with van der Waals surface area (Å²) >= 11 is 1.57. The van der Waals surface area contributed by atoms with Crippen molar-refractivity contribution in [2.75, 3.05) is 37.7 Å². The van der Waals surface area contributed by atoms with Crippen LogP contribution in [0.2, 0.25) is 0 Å². The first-order valence-electron chi connectivity index (χ1n) is 14.0. The van der Waals surface area contributed by atoms with E-state index < -0.39 is 27.4 Å². The van der Waals surface area contributed by atoms with Gasteiger partial charge in [0.15, 0.2) is 0 Å². The van der Waals surface area contributed by atoms with Gasteiger partial charge in [-0.15, -0.1) is 11.8 Å². The first-order valence-corrected chi connectivity index (χ1v) is 14.9. The number of thioether (sulfide) groups is 1. The monoisotopic (exact) mass is 553 g/mol. The maximum atomic E-state index is 14.4. The van der Waals surface area contributed by atoms with Crippen LogP contribution < -0.4 is 9.64 Å². The molecule has 4 aliphatic rings. The fourth-order valence-corrected chi connectivity index (χ4v) is 9.14. The van der Waals surface area contributed by atoms with E-state index in [4.69, 9.17) is 4.74 Å². The van der Waals surface area contributed by atoms with Crippen molar-refractivity contribution in [2.24, 2.45) is 11.8 Å². The Balaban J connectivity index is 1.57. The highest BCUT2D eigenvalue weighted by Gasteiger charge is 2.74. The van der Waals surface area contributed by atoms with Crippen LogP contribution >= 0.6 is 11.8 Å². The van der Waals surface area contributed by atoms with Crippen LogP contribution in [0.4, 0.5) is 5.69 Å². The number of aliphatic hydroxyl groups is 1. The fraction of sp³-hybridized carbons (Fsp3) is 0.567. The summed E-state index contributed by atoms with van der Waals surface area (Å²) in [5.41, 5.74) is 0.740. The lowest BCUT2D eigenvalue weighted by atomic mass is 9.74. The molecule has 9 heteroatoms. The minimum Gasteiger partial charge on any atom is -0.494 e. The number of ether oxygens (including phenoxy) is 1. The van der Waals surface area contributed by atoms with Crippen LogP contribution in [-0.2, 0) is 14.4 Å². The summed E-state index contributed by atoms with van der Waals surface area (Å²) in [4.78, 5) is 47.9. The van der Waals surface area contributed by atoms with Crippen molar-refractivity contribution in [1.82, 2.24) is 9.80 Å². The molecule has 2 fully saturated rings. The lowest BCUT2D eigenvalue weighted by Gasteiger charge is -2.38. The van der Waals surface area contributed by atoms with Crippen molar-refractivity contribution in [1.29, 1.82) is 0 Å². The molecule has 1 aromatic rings. The van der Waals surface area contributed by atoms with Crippen LogP contribution in [0.1, 0.15) is 40.5 Å². The Morgan fingerprint density at radius 2 is 1.74 bits per heavy atom. The van der Waals surface area contributed by atoms with Crippen LogP contribution in [0.5, 0.6) is 5.75 Å². The van der Waals surface area contributed by atoms with Crippen molar-refractivity contribution in [3.63, 3.8) is 0 Å². The second kappa shape index (κ2) is 10.7. The topological polar surface area (TPSA) is 90.4 Å².